The Morgan fingerprint density at radius 2 is 2.19 bits per heavy atom. The monoisotopic (exact) mass is 280 g/mol. The summed E-state index contributed by atoms with van der Waals surface area (Å²) in [6, 6.07) is 6.12. The third-order valence-electron chi connectivity index (χ3n) is 2.55. The number of nitrogens with two attached hydrogens (primary N) is 1. The number of rotatable bonds is 2. The highest BCUT2D eigenvalue weighted by Crippen LogP contribution is 2.33. The molecule has 84 valence electrons. The number of nitrogen functional groups attached to an aromatic ring is 1. The predicted octanol–water partition coefficient (Wildman–Crippen LogP) is 3.56. The van der Waals surface area contributed by atoms with Crippen LogP contribution in [0.25, 0.3) is 11.3 Å². The molecular weight excluding hydrogens is 268 g/mol. The van der Waals surface area contributed by atoms with Crippen LogP contribution in [0, 0.1) is 6.92 Å². The average Bonchev–Trinajstić information content (AvgIpc) is 2.63. The van der Waals surface area contributed by atoms with Crippen LogP contribution < -0.4 is 5.73 Å². The first-order chi connectivity index (χ1) is 7.63. The second-order valence-electron chi connectivity index (χ2n) is 3.71. The van der Waals surface area contributed by atoms with Gasteiger partial charge in [-0.2, -0.15) is 0 Å². The van der Waals surface area contributed by atoms with Crippen molar-refractivity contribution >= 4 is 21.8 Å². The van der Waals surface area contributed by atoms with Crippen molar-refractivity contribution in [3.8, 4) is 11.3 Å². The van der Waals surface area contributed by atoms with E-state index in [1.54, 1.807) is 0 Å². The van der Waals surface area contributed by atoms with E-state index in [1.165, 1.54) is 5.56 Å². The van der Waals surface area contributed by atoms with E-state index in [0.717, 1.165) is 27.7 Å². The molecule has 4 heteroatoms. The molecule has 0 spiro atoms. The third-order valence-corrected chi connectivity index (χ3v) is 3.24. The number of nitrogens with zero attached hydrogens (tertiary/aromatic N) is 1. The number of hydrogen-bond acceptors (Lipinski definition) is 3. The van der Waals surface area contributed by atoms with Gasteiger partial charge in [0.15, 0.2) is 0 Å². The average molecular weight is 281 g/mol. The largest absolute Gasteiger partial charge is 0.367 e. The minimum absolute atomic E-state index is 0.408. The Hall–Kier alpha value is -1.29. The molecule has 2 rings (SSSR count). The fourth-order valence-electron chi connectivity index (χ4n) is 1.70. The van der Waals surface area contributed by atoms with Gasteiger partial charge in [-0.05, 0) is 25.5 Å². The van der Waals surface area contributed by atoms with Crippen molar-refractivity contribution < 1.29 is 4.52 Å². The van der Waals surface area contributed by atoms with Gasteiger partial charge in [0.1, 0.15) is 5.69 Å². The van der Waals surface area contributed by atoms with Crippen LogP contribution in [0.3, 0.4) is 0 Å². The highest BCUT2D eigenvalue weighted by molar-refractivity contribution is 9.10. The van der Waals surface area contributed by atoms with E-state index in [1.807, 2.05) is 26.0 Å². The second kappa shape index (κ2) is 4.29. The molecule has 0 atom stereocenters. The summed E-state index contributed by atoms with van der Waals surface area (Å²) < 4.78 is 6.04. The lowest BCUT2D eigenvalue weighted by atomic mass is 10.0. The Morgan fingerprint density at radius 3 is 2.88 bits per heavy atom. The molecule has 2 N–H and O–H groups in total. The molecule has 1 aromatic carbocycles. The summed E-state index contributed by atoms with van der Waals surface area (Å²) in [6.45, 7) is 4.08. The van der Waals surface area contributed by atoms with Crippen molar-refractivity contribution in [2.75, 3.05) is 5.73 Å². The molecule has 2 aromatic rings. The van der Waals surface area contributed by atoms with Gasteiger partial charge in [0.05, 0.1) is 0 Å². The second-order valence-corrected chi connectivity index (χ2v) is 4.57. The molecule has 0 saturated heterocycles. The van der Waals surface area contributed by atoms with Crippen LogP contribution in [0.1, 0.15) is 18.1 Å². The first kappa shape index (κ1) is 11.2. The van der Waals surface area contributed by atoms with Crippen molar-refractivity contribution in [1.82, 2.24) is 5.16 Å². The smallest absolute Gasteiger partial charge is 0.225 e. The Morgan fingerprint density at radius 1 is 1.44 bits per heavy atom. The van der Waals surface area contributed by atoms with Crippen molar-refractivity contribution in [2.24, 2.45) is 0 Å². The zero-order valence-corrected chi connectivity index (χ0v) is 10.8. The standard InChI is InChI=1S/C12H13BrN2O/c1-3-8-11(15-16-12(8)14)9-6-7(2)4-5-10(9)13/h4-6H,3,14H2,1-2H3. The van der Waals surface area contributed by atoms with Gasteiger partial charge in [0.2, 0.25) is 5.88 Å². The molecule has 0 aliphatic rings. The number of aryl methyl sites for hydroxylation is 1. The number of aromatic nitrogens is 1. The Labute approximate surface area is 103 Å². The first-order valence-electron chi connectivity index (χ1n) is 5.14. The summed E-state index contributed by atoms with van der Waals surface area (Å²) in [5.74, 6) is 0.408. The zero-order valence-electron chi connectivity index (χ0n) is 9.25. The van der Waals surface area contributed by atoms with E-state index in [-0.39, 0.29) is 0 Å². The fraction of sp³-hybridized carbons (Fsp3) is 0.250. The number of benzene rings is 1. The lowest BCUT2D eigenvalue weighted by Gasteiger charge is -2.04. The SMILES string of the molecule is CCc1c(-c2cc(C)ccc2Br)noc1N. The van der Waals surface area contributed by atoms with E-state index in [4.69, 9.17) is 10.3 Å². The Kier molecular flexibility index (Phi) is 3.01. The van der Waals surface area contributed by atoms with Crippen LogP contribution in [0.2, 0.25) is 0 Å². The zero-order chi connectivity index (χ0) is 11.7. The van der Waals surface area contributed by atoms with Gasteiger partial charge in [0.25, 0.3) is 0 Å². The number of anilines is 1. The summed E-state index contributed by atoms with van der Waals surface area (Å²) in [4.78, 5) is 0. The van der Waals surface area contributed by atoms with E-state index < -0.39 is 0 Å². The molecule has 16 heavy (non-hydrogen) atoms. The number of hydrogen-bond donors (Lipinski definition) is 1. The van der Waals surface area contributed by atoms with E-state index in [2.05, 4.69) is 27.2 Å². The minimum atomic E-state index is 0.408. The van der Waals surface area contributed by atoms with Crippen LogP contribution >= 0.6 is 15.9 Å². The molecule has 1 heterocycles. The maximum absolute atomic E-state index is 5.73. The highest BCUT2D eigenvalue weighted by Gasteiger charge is 2.15. The predicted molar refractivity (Wildman–Crippen MR) is 68.2 cm³/mol. The van der Waals surface area contributed by atoms with E-state index >= 15 is 0 Å². The van der Waals surface area contributed by atoms with Crippen LogP contribution in [0.5, 0.6) is 0 Å². The molecule has 3 nitrogen and oxygen atoms in total. The lowest BCUT2D eigenvalue weighted by Crippen LogP contribution is -1.91. The van der Waals surface area contributed by atoms with Gasteiger partial charge in [-0.1, -0.05) is 39.6 Å². The van der Waals surface area contributed by atoms with Crippen molar-refractivity contribution in [1.29, 1.82) is 0 Å². The van der Waals surface area contributed by atoms with Crippen LogP contribution in [0.15, 0.2) is 27.2 Å². The molecule has 0 saturated carbocycles. The fourth-order valence-corrected chi connectivity index (χ4v) is 2.13. The maximum Gasteiger partial charge on any atom is 0.225 e. The summed E-state index contributed by atoms with van der Waals surface area (Å²) in [5, 5.41) is 4.03. The summed E-state index contributed by atoms with van der Waals surface area (Å²) >= 11 is 3.52. The quantitative estimate of drug-likeness (QED) is 0.915. The van der Waals surface area contributed by atoms with Crippen LogP contribution in [-0.4, -0.2) is 5.16 Å². The Bertz CT molecular complexity index is 520. The number of halogens is 1. The summed E-state index contributed by atoms with van der Waals surface area (Å²) in [7, 11) is 0. The molecule has 0 fully saturated rings. The van der Waals surface area contributed by atoms with Gasteiger partial charge in [-0.25, -0.2) is 0 Å². The maximum atomic E-state index is 5.73. The van der Waals surface area contributed by atoms with Crippen LogP contribution in [-0.2, 0) is 6.42 Å². The molecule has 0 aliphatic heterocycles. The molecule has 0 radical (unpaired) electrons. The minimum Gasteiger partial charge on any atom is -0.367 e. The summed E-state index contributed by atoms with van der Waals surface area (Å²) in [5.41, 5.74) is 9.73. The Balaban J connectivity index is 2.62. The van der Waals surface area contributed by atoms with E-state index in [0.29, 0.717) is 5.88 Å². The van der Waals surface area contributed by atoms with E-state index in [9.17, 15) is 0 Å². The molecule has 0 aliphatic carbocycles. The van der Waals surface area contributed by atoms with Crippen molar-refractivity contribution in [2.45, 2.75) is 20.3 Å². The molecule has 1 aromatic heterocycles. The van der Waals surface area contributed by atoms with Crippen molar-refractivity contribution in [3.05, 3.63) is 33.8 Å². The summed E-state index contributed by atoms with van der Waals surface area (Å²) in [6.07, 6.45) is 0.811. The third kappa shape index (κ3) is 1.85. The molecule has 0 unspecified atom stereocenters. The lowest BCUT2D eigenvalue weighted by molar-refractivity contribution is 0.438. The van der Waals surface area contributed by atoms with Crippen LogP contribution in [0.4, 0.5) is 5.88 Å². The first-order valence-corrected chi connectivity index (χ1v) is 5.93. The molecule has 0 bridgehead atoms. The van der Waals surface area contributed by atoms with Gasteiger partial charge in [-0.15, -0.1) is 0 Å². The van der Waals surface area contributed by atoms with Gasteiger partial charge >= 0.3 is 0 Å². The molecule has 0 amide bonds. The van der Waals surface area contributed by atoms with Gasteiger partial charge in [0, 0.05) is 15.6 Å². The normalized spacial score (nSPS) is 10.7. The highest BCUT2D eigenvalue weighted by atomic mass is 79.9. The molecular formula is C12H13BrN2O. The van der Waals surface area contributed by atoms with Gasteiger partial charge in [-0.3, -0.25) is 0 Å². The van der Waals surface area contributed by atoms with Gasteiger partial charge < -0.3 is 10.3 Å². The topological polar surface area (TPSA) is 52.0 Å². The van der Waals surface area contributed by atoms with Crippen molar-refractivity contribution in [3.63, 3.8) is 0 Å².